The van der Waals surface area contributed by atoms with Crippen LogP contribution in [0.15, 0.2) is 47.5 Å². The first kappa shape index (κ1) is 17.5. The van der Waals surface area contributed by atoms with E-state index >= 15 is 0 Å². The van der Waals surface area contributed by atoms with E-state index in [2.05, 4.69) is 10.1 Å². The van der Waals surface area contributed by atoms with Gasteiger partial charge in [0.1, 0.15) is 6.33 Å². The first-order valence-corrected chi connectivity index (χ1v) is 7.32. The molecule has 3 aromatic rings. The van der Waals surface area contributed by atoms with E-state index in [0.29, 0.717) is 11.1 Å². The third-order valence-electron chi connectivity index (χ3n) is 3.50. The first-order chi connectivity index (χ1) is 12.2. The molecule has 0 unspecified atom stereocenters. The van der Waals surface area contributed by atoms with Crippen LogP contribution in [0.3, 0.4) is 0 Å². The lowest BCUT2D eigenvalue weighted by Gasteiger charge is -2.09. The average molecular weight is 363 g/mol. The molecular formula is C17H12F3N3O3. The largest absolute Gasteiger partial charge is 0.478 e. The molecule has 2 aromatic heterocycles. The number of rotatable bonds is 4. The molecule has 0 radical (unpaired) electrons. The van der Waals surface area contributed by atoms with Gasteiger partial charge in [0.25, 0.3) is 0 Å². The van der Waals surface area contributed by atoms with Crippen LogP contribution in [-0.4, -0.2) is 25.8 Å². The fraction of sp³-hybridized carbons (Fsp3) is 0.118. The molecular weight excluding hydrogens is 351 g/mol. The van der Waals surface area contributed by atoms with Gasteiger partial charge in [-0.25, -0.2) is 14.5 Å². The zero-order valence-corrected chi connectivity index (χ0v) is 13.4. The highest BCUT2D eigenvalue weighted by atomic mass is 19.4. The van der Waals surface area contributed by atoms with Gasteiger partial charge in [0.15, 0.2) is 5.82 Å². The molecule has 0 amide bonds. The van der Waals surface area contributed by atoms with Crippen molar-refractivity contribution in [1.29, 1.82) is 0 Å². The van der Waals surface area contributed by atoms with Gasteiger partial charge in [-0.05, 0) is 36.8 Å². The van der Waals surface area contributed by atoms with Gasteiger partial charge < -0.3 is 9.52 Å². The quantitative estimate of drug-likeness (QED) is 0.710. The van der Waals surface area contributed by atoms with Crippen LogP contribution in [0.1, 0.15) is 16.7 Å². The van der Waals surface area contributed by atoms with Crippen LogP contribution in [0.5, 0.6) is 0 Å². The van der Waals surface area contributed by atoms with Crippen LogP contribution in [-0.2, 0) is 11.0 Å². The summed E-state index contributed by atoms with van der Waals surface area (Å²) in [4.78, 5) is 15.4. The lowest BCUT2D eigenvalue weighted by atomic mass is 10.1. The van der Waals surface area contributed by atoms with Crippen molar-refractivity contribution in [3.05, 3.63) is 59.8 Å². The molecule has 0 saturated carbocycles. The van der Waals surface area contributed by atoms with E-state index in [1.165, 1.54) is 44.1 Å². The van der Waals surface area contributed by atoms with Crippen LogP contribution in [0.2, 0.25) is 0 Å². The first-order valence-electron chi connectivity index (χ1n) is 7.32. The number of aromatic nitrogens is 3. The Morgan fingerprint density at radius 1 is 1.31 bits per heavy atom. The number of aryl methyl sites for hydroxylation is 1. The van der Waals surface area contributed by atoms with E-state index in [-0.39, 0.29) is 17.0 Å². The number of carbonyl (C=O) groups is 1. The van der Waals surface area contributed by atoms with Crippen LogP contribution in [0.25, 0.3) is 23.2 Å². The third kappa shape index (κ3) is 3.66. The Hall–Kier alpha value is -3.36. The molecule has 6 nitrogen and oxygen atoms in total. The predicted octanol–water partition coefficient (Wildman–Crippen LogP) is 3.95. The van der Waals surface area contributed by atoms with E-state index in [0.717, 1.165) is 16.8 Å². The fourth-order valence-corrected chi connectivity index (χ4v) is 2.35. The Balaban J connectivity index is 1.99. The molecule has 2 heterocycles. The van der Waals surface area contributed by atoms with Gasteiger partial charge in [0, 0.05) is 17.3 Å². The van der Waals surface area contributed by atoms with Crippen molar-refractivity contribution in [2.24, 2.45) is 0 Å². The van der Waals surface area contributed by atoms with Gasteiger partial charge in [-0.2, -0.15) is 13.2 Å². The number of hydrogen-bond donors (Lipinski definition) is 1. The molecule has 1 N–H and O–H groups in total. The van der Waals surface area contributed by atoms with Crippen LogP contribution in [0.4, 0.5) is 13.2 Å². The summed E-state index contributed by atoms with van der Waals surface area (Å²) < 4.78 is 44.9. The number of hydrogen-bond acceptors (Lipinski definition) is 4. The molecule has 3 rings (SSSR count). The van der Waals surface area contributed by atoms with E-state index in [9.17, 15) is 23.1 Å². The molecule has 0 aliphatic rings. The molecule has 1 aromatic carbocycles. The SMILES string of the molecule is Cc1cc(-c2ncn(/C=C(\C(=O)O)c3ccoc3)n2)cc(C(F)(F)F)c1. The third-order valence-corrected chi connectivity index (χ3v) is 3.50. The fourth-order valence-electron chi connectivity index (χ4n) is 2.35. The second-order valence-electron chi connectivity index (χ2n) is 5.49. The Labute approximate surface area is 145 Å². The molecule has 0 aliphatic heterocycles. The number of nitrogens with zero attached hydrogens (tertiary/aromatic N) is 3. The van der Waals surface area contributed by atoms with Gasteiger partial charge in [-0.1, -0.05) is 0 Å². The number of aliphatic carboxylic acids is 1. The maximum Gasteiger partial charge on any atom is 0.416 e. The highest BCUT2D eigenvalue weighted by Crippen LogP contribution is 2.32. The number of carboxylic acid groups (broad SMARTS) is 1. The number of alkyl halides is 3. The summed E-state index contributed by atoms with van der Waals surface area (Å²) >= 11 is 0. The van der Waals surface area contributed by atoms with Crippen LogP contribution < -0.4 is 0 Å². The molecule has 0 spiro atoms. The molecule has 26 heavy (non-hydrogen) atoms. The molecule has 134 valence electrons. The maximum absolute atomic E-state index is 13.0. The highest BCUT2D eigenvalue weighted by molar-refractivity contribution is 6.19. The lowest BCUT2D eigenvalue weighted by Crippen LogP contribution is -2.05. The molecule has 0 atom stereocenters. The minimum atomic E-state index is -4.49. The van der Waals surface area contributed by atoms with Crippen molar-refractivity contribution >= 4 is 17.7 Å². The minimum Gasteiger partial charge on any atom is -0.478 e. The highest BCUT2D eigenvalue weighted by Gasteiger charge is 2.31. The summed E-state index contributed by atoms with van der Waals surface area (Å²) in [6.07, 6.45) is 0.511. The normalized spacial score (nSPS) is 12.4. The molecule has 0 saturated heterocycles. The van der Waals surface area contributed by atoms with Gasteiger partial charge >= 0.3 is 12.1 Å². The second kappa shape index (κ2) is 6.51. The van der Waals surface area contributed by atoms with Crippen LogP contribution in [0, 0.1) is 6.92 Å². The van der Waals surface area contributed by atoms with E-state index in [1.807, 2.05) is 0 Å². The van der Waals surface area contributed by atoms with Crippen molar-refractivity contribution in [3.8, 4) is 11.4 Å². The summed E-state index contributed by atoms with van der Waals surface area (Å²) in [6, 6.07) is 4.97. The standard InChI is InChI=1S/C17H12F3N3O3/c1-10-4-12(6-13(5-10)17(18,19)20)15-21-9-23(22-15)7-14(16(24)25)11-2-3-26-8-11/h2-9H,1H3,(H,24,25)/b14-7-. The second-order valence-corrected chi connectivity index (χ2v) is 5.49. The molecule has 0 aliphatic carbocycles. The molecule has 0 bridgehead atoms. The van der Waals surface area contributed by atoms with Crippen molar-refractivity contribution in [3.63, 3.8) is 0 Å². The van der Waals surface area contributed by atoms with E-state index < -0.39 is 17.7 Å². The number of carboxylic acids is 1. The average Bonchev–Trinajstić information content (AvgIpc) is 3.22. The molecule has 9 heteroatoms. The summed E-state index contributed by atoms with van der Waals surface area (Å²) in [6.45, 7) is 1.54. The Morgan fingerprint density at radius 2 is 2.08 bits per heavy atom. The number of halogens is 3. The van der Waals surface area contributed by atoms with Crippen LogP contribution >= 0.6 is 0 Å². The summed E-state index contributed by atoms with van der Waals surface area (Å²) in [7, 11) is 0. The number of furan rings is 1. The monoisotopic (exact) mass is 363 g/mol. The van der Waals surface area contributed by atoms with Crippen molar-refractivity contribution in [1.82, 2.24) is 14.8 Å². The lowest BCUT2D eigenvalue weighted by molar-refractivity contribution is -0.137. The Bertz CT molecular complexity index is 973. The summed E-state index contributed by atoms with van der Waals surface area (Å²) in [5.41, 5.74) is 0.0138. The van der Waals surface area contributed by atoms with E-state index in [1.54, 1.807) is 0 Å². The molecule has 0 fully saturated rings. The van der Waals surface area contributed by atoms with Gasteiger partial charge in [0.05, 0.1) is 23.7 Å². The Morgan fingerprint density at radius 3 is 2.69 bits per heavy atom. The summed E-state index contributed by atoms with van der Waals surface area (Å²) in [5, 5.41) is 13.3. The van der Waals surface area contributed by atoms with Crippen molar-refractivity contribution in [2.75, 3.05) is 0 Å². The van der Waals surface area contributed by atoms with E-state index in [4.69, 9.17) is 4.42 Å². The van der Waals surface area contributed by atoms with Crippen molar-refractivity contribution < 1.29 is 27.5 Å². The number of benzene rings is 1. The minimum absolute atomic E-state index is 0.0485. The topological polar surface area (TPSA) is 81.2 Å². The van der Waals surface area contributed by atoms with Gasteiger partial charge in [-0.3, -0.25) is 0 Å². The van der Waals surface area contributed by atoms with Gasteiger partial charge in [0.2, 0.25) is 0 Å². The summed E-state index contributed by atoms with van der Waals surface area (Å²) in [5.74, 6) is -1.16. The maximum atomic E-state index is 13.0. The zero-order chi connectivity index (χ0) is 18.9. The smallest absolute Gasteiger partial charge is 0.416 e. The van der Waals surface area contributed by atoms with Crippen molar-refractivity contribution in [2.45, 2.75) is 13.1 Å². The van der Waals surface area contributed by atoms with Gasteiger partial charge in [-0.15, -0.1) is 5.10 Å². The zero-order valence-electron chi connectivity index (χ0n) is 13.4. The predicted molar refractivity (Wildman–Crippen MR) is 85.7 cm³/mol. The Kier molecular flexibility index (Phi) is 4.37.